The molecule has 0 radical (unpaired) electrons. The van der Waals surface area contributed by atoms with Crippen molar-refractivity contribution in [1.29, 1.82) is 0 Å². The van der Waals surface area contributed by atoms with Crippen LogP contribution in [-0.4, -0.2) is 39.7 Å². The molecule has 3 N–H and O–H groups in total. The predicted octanol–water partition coefficient (Wildman–Crippen LogP) is 4.68. The summed E-state index contributed by atoms with van der Waals surface area (Å²) in [6.45, 7) is 0.352. The number of rotatable bonds is 7. The zero-order valence-corrected chi connectivity index (χ0v) is 22.9. The van der Waals surface area contributed by atoms with Gasteiger partial charge in [0.25, 0.3) is 5.91 Å². The fraction of sp³-hybridized carbons (Fsp3) is 0.171. The molecular weight excluding hydrogens is 524 g/mol. The molecule has 0 spiro atoms. The fourth-order valence-corrected chi connectivity index (χ4v) is 6.37. The number of aromatic amines is 1. The minimum Gasteiger partial charge on any atom is -0.356 e. The van der Waals surface area contributed by atoms with E-state index in [4.69, 9.17) is 0 Å². The third kappa shape index (κ3) is 4.53. The highest BCUT2D eigenvalue weighted by molar-refractivity contribution is 6.04. The van der Waals surface area contributed by atoms with E-state index in [-0.39, 0.29) is 17.7 Å². The van der Waals surface area contributed by atoms with E-state index in [1.54, 1.807) is 4.90 Å². The van der Waals surface area contributed by atoms with Crippen LogP contribution in [0.3, 0.4) is 0 Å². The van der Waals surface area contributed by atoms with Gasteiger partial charge in [-0.2, -0.15) is 0 Å². The Morgan fingerprint density at radius 2 is 1.50 bits per heavy atom. The normalized spacial score (nSPS) is 17.7. The Labute approximate surface area is 243 Å². The van der Waals surface area contributed by atoms with E-state index < -0.39 is 18.1 Å². The standard InChI is InChI=1S/C35H30N4O3/c40-33(36-21-23-13-5-2-6-14-23)29(19-22-11-3-1-4-12-22)38-34(41)30-20-27-24-15-9-10-18-28(24)37-31(27)32-25-16-7-8-17-26(25)35(42)39(30)32/h1-18,29-30,32,37H,19-21H2,(H,36,40)(H,38,41)/t29-,30-,32-/m0/s1. The first-order valence-corrected chi connectivity index (χ1v) is 14.3. The summed E-state index contributed by atoms with van der Waals surface area (Å²) in [5, 5.41) is 7.09. The van der Waals surface area contributed by atoms with Crippen LogP contribution in [0.1, 0.15) is 44.3 Å². The predicted molar refractivity (Wildman–Crippen MR) is 161 cm³/mol. The lowest BCUT2D eigenvalue weighted by Crippen LogP contribution is -2.57. The minimum atomic E-state index is -0.813. The number of carbonyl (C=O) groups excluding carboxylic acids is 3. The van der Waals surface area contributed by atoms with Crippen molar-refractivity contribution >= 4 is 28.6 Å². The highest BCUT2D eigenvalue weighted by Crippen LogP contribution is 2.46. The second-order valence-corrected chi connectivity index (χ2v) is 10.9. The van der Waals surface area contributed by atoms with E-state index in [1.165, 1.54) is 0 Å². The van der Waals surface area contributed by atoms with Crippen LogP contribution in [0.5, 0.6) is 0 Å². The summed E-state index contributed by atoms with van der Waals surface area (Å²) in [5.74, 6) is -0.784. The Balaban J connectivity index is 1.22. The third-order valence-corrected chi connectivity index (χ3v) is 8.38. The monoisotopic (exact) mass is 554 g/mol. The van der Waals surface area contributed by atoms with Gasteiger partial charge in [0, 0.05) is 41.5 Å². The van der Waals surface area contributed by atoms with Gasteiger partial charge in [-0.15, -0.1) is 0 Å². The maximum atomic E-state index is 14.2. The molecule has 3 heterocycles. The Kier molecular flexibility index (Phi) is 6.55. The summed E-state index contributed by atoms with van der Waals surface area (Å²) in [5.41, 5.74) is 6.34. The molecule has 7 rings (SSSR count). The van der Waals surface area contributed by atoms with Crippen molar-refractivity contribution < 1.29 is 14.4 Å². The van der Waals surface area contributed by atoms with Gasteiger partial charge in [-0.3, -0.25) is 14.4 Å². The molecule has 0 saturated heterocycles. The zero-order chi connectivity index (χ0) is 28.6. The summed E-state index contributed by atoms with van der Waals surface area (Å²) >= 11 is 0. The second kappa shape index (κ2) is 10.7. The first-order valence-electron chi connectivity index (χ1n) is 14.3. The highest BCUT2D eigenvalue weighted by Gasteiger charge is 2.49. The molecule has 3 atom stereocenters. The largest absolute Gasteiger partial charge is 0.356 e. The molecule has 0 saturated carbocycles. The molecule has 0 unspecified atom stereocenters. The van der Waals surface area contributed by atoms with Crippen molar-refractivity contribution in [3.63, 3.8) is 0 Å². The number of nitrogens with one attached hydrogen (secondary N) is 3. The van der Waals surface area contributed by atoms with Gasteiger partial charge in [-0.25, -0.2) is 0 Å². The molecule has 0 fully saturated rings. The first-order chi connectivity index (χ1) is 20.6. The Morgan fingerprint density at radius 3 is 2.29 bits per heavy atom. The third-order valence-electron chi connectivity index (χ3n) is 8.38. The molecule has 208 valence electrons. The Morgan fingerprint density at radius 1 is 0.833 bits per heavy atom. The lowest BCUT2D eigenvalue weighted by Gasteiger charge is -2.37. The van der Waals surface area contributed by atoms with E-state index in [1.807, 2.05) is 109 Å². The molecule has 7 nitrogen and oxygen atoms in total. The van der Waals surface area contributed by atoms with Gasteiger partial charge in [0.2, 0.25) is 11.8 Å². The molecule has 1 aromatic heterocycles. The summed E-state index contributed by atoms with van der Waals surface area (Å²) in [6.07, 6.45) is 0.682. The van der Waals surface area contributed by atoms with Crippen LogP contribution < -0.4 is 10.6 Å². The van der Waals surface area contributed by atoms with Gasteiger partial charge in [0.05, 0.1) is 6.04 Å². The number of H-pyrrole nitrogens is 1. The summed E-state index contributed by atoms with van der Waals surface area (Å²) in [6, 6.07) is 32.9. The number of hydrogen-bond donors (Lipinski definition) is 3. The quantitative estimate of drug-likeness (QED) is 0.273. The van der Waals surface area contributed by atoms with Crippen LogP contribution in [0.25, 0.3) is 10.9 Å². The van der Waals surface area contributed by atoms with Crippen molar-refractivity contribution in [3.8, 4) is 0 Å². The van der Waals surface area contributed by atoms with Crippen LogP contribution in [0.2, 0.25) is 0 Å². The van der Waals surface area contributed by atoms with Gasteiger partial charge < -0.3 is 20.5 Å². The topological polar surface area (TPSA) is 94.3 Å². The number of nitrogens with zero attached hydrogens (tertiary/aromatic N) is 1. The van der Waals surface area contributed by atoms with Crippen molar-refractivity contribution in [1.82, 2.24) is 20.5 Å². The molecule has 3 amide bonds. The zero-order valence-electron chi connectivity index (χ0n) is 22.9. The van der Waals surface area contributed by atoms with Crippen LogP contribution in [-0.2, 0) is 29.0 Å². The molecule has 0 bridgehead atoms. The van der Waals surface area contributed by atoms with E-state index in [2.05, 4.69) is 15.6 Å². The molecule has 5 aromatic rings. The van der Waals surface area contributed by atoms with Gasteiger partial charge in [-0.05, 0) is 34.4 Å². The van der Waals surface area contributed by atoms with Gasteiger partial charge in [0.1, 0.15) is 12.1 Å². The van der Waals surface area contributed by atoms with Crippen LogP contribution >= 0.6 is 0 Å². The minimum absolute atomic E-state index is 0.173. The van der Waals surface area contributed by atoms with Gasteiger partial charge in [-0.1, -0.05) is 97.1 Å². The number of carbonyl (C=O) groups is 3. The first kappa shape index (κ1) is 25.8. The smallest absolute Gasteiger partial charge is 0.255 e. The lowest BCUT2D eigenvalue weighted by molar-refractivity contribution is -0.132. The number of amides is 3. The number of para-hydroxylation sites is 1. The van der Waals surface area contributed by atoms with Crippen molar-refractivity contribution in [2.24, 2.45) is 0 Å². The van der Waals surface area contributed by atoms with Crippen LogP contribution in [0.15, 0.2) is 109 Å². The molecule has 4 aromatic carbocycles. The Bertz CT molecular complexity index is 1800. The lowest BCUT2D eigenvalue weighted by atomic mass is 9.89. The van der Waals surface area contributed by atoms with Gasteiger partial charge in [0.15, 0.2) is 0 Å². The van der Waals surface area contributed by atoms with E-state index >= 15 is 0 Å². The van der Waals surface area contributed by atoms with E-state index in [0.29, 0.717) is 24.9 Å². The highest BCUT2D eigenvalue weighted by atomic mass is 16.2. The van der Waals surface area contributed by atoms with E-state index in [9.17, 15) is 14.4 Å². The average molecular weight is 555 g/mol. The summed E-state index contributed by atoms with van der Waals surface area (Å²) in [4.78, 5) is 46.7. The van der Waals surface area contributed by atoms with E-state index in [0.717, 1.165) is 38.9 Å². The molecule has 0 aliphatic carbocycles. The molecular formula is C35H30N4O3. The van der Waals surface area contributed by atoms with Gasteiger partial charge >= 0.3 is 0 Å². The molecule has 42 heavy (non-hydrogen) atoms. The Hall–Kier alpha value is -5.17. The molecule has 2 aliphatic heterocycles. The van der Waals surface area contributed by atoms with Crippen molar-refractivity contribution in [2.45, 2.75) is 37.5 Å². The number of fused-ring (bicyclic) bond motifs is 7. The maximum Gasteiger partial charge on any atom is 0.255 e. The average Bonchev–Trinajstić information content (AvgIpc) is 3.55. The van der Waals surface area contributed by atoms with Crippen molar-refractivity contribution in [3.05, 3.63) is 143 Å². The SMILES string of the molecule is O=C(NCc1ccccc1)[C@H](Cc1ccccc1)NC(=O)[C@@H]1Cc2c([nH]c3ccccc23)[C@@H]2c3ccccc3C(=O)N21. The van der Waals surface area contributed by atoms with Crippen LogP contribution in [0, 0.1) is 0 Å². The maximum absolute atomic E-state index is 14.2. The molecule has 2 aliphatic rings. The second-order valence-electron chi connectivity index (χ2n) is 10.9. The number of aromatic nitrogens is 1. The summed E-state index contributed by atoms with van der Waals surface area (Å²) < 4.78 is 0. The molecule has 7 heteroatoms. The fourth-order valence-electron chi connectivity index (χ4n) is 6.37. The number of benzene rings is 4. The number of hydrogen-bond acceptors (Lipinski definition) is 3. The van der Waals surface area contributed by atoms with Crippen molar-refractivity contribution in [2.75, 3.05) is 0 Å². The summed E-state index contributed by atoms with van der Waals surface area (Å²) in [7, 11) is 0. The van der Waals surface area contributed by atoms with Crippen LogP contribution in [0.4, 0.5) is 0 Å².